The molecule has 31 heavy (non-hydrogen) atoms. The molecular formula is C20H13Cl2FN2O5S. The van der Waals surface area contributed by atoms with Gasteiger partial charge in [-0.1, -0.05) is 35.3 Å². The molecule has 11 heteroatoms. The minimum Gasteiger partial charge on any atom is -0.479 e. The number of anilines is 1. The summed E-state index contributed by atoms with van der Waals surface area (Å²) < 4.78 is 23.9. The molecule has 2 aromatic rings. The van der Waals surface area contributed by atoms with Gasteiger partial charge in [0.15, 0.2) is 17.5 Å². The molecule has 2 aromatic carbocycles. The molecule has 0 unspecified atom stereocenters. The van der Waals surface area contributed by atoms with Gasteiger partial charge in [0, 0.05) is 0 Å². The van der Waals surface area contributed by atoms with Crippen molar-refractivity contribution in [3.63, 3.8) is 0 Å². The highest BCUT2D eigenvalue weighted by atomic mass is 35.5. The lowest BCUT2D eigenvalue weighted by atomic mass is 10.1. The van der Waals surface area contributed by atoms with E-state index in [1.165, 1.54) is 43.5 Å². The van der Waals surface area contributed by atoms with Crippen molar-refractivity contribution in [3.05, 3.63) is 63.4 Å². The summed E-state index contributed by atoms with van der Waals surface area (Å²) in [4.78, 5) is 37.5. The van der Waals surface area contributed by atoms with Crippen LogP contribution in [0.25, 0.3) is 6.08 Å². The third-order valence-corrected chi connectivity index (χ3v) is 4.93. The monoisotopic (exact) mass is 482 g/mol. The average Bonchev–Trinajstić information content (AvgIpc) is 2.71. The van der Waals surface area contributed by atoms with Crippen molar-refractivity contribution in [2.45, 2.75) is 0 Å². The number of thiocarbonyl (C=S) groups is 1. The summed E-state index contributed by atoms with van der Waals surface area (Å²) in [5.74, 6) is -2.87. The number of amides is 2. The maximum absolute atomic E-state index is 14.2. The number of hydrogen-bond acceptors (Lipinski definition) is 6. The van der Waals surface area contributed by atoms with E-state index in [-0.39, 0.29) is 32.2 Å². The van der Waals surface area contributed by atoms with E-state index in [2.05, 4.69) is 10.1 Å². The van der Waals surface area contributed by atoms with Crippen LogP contribution in [0.5, 0.6) is 5.75 Å². The molecule has 0 saturated carbocycles. The first-order valence-corrected chi connectivity index (χ1v) is 9.74. The Morgan fingerprint density at radius 1 is 1.23 bits per heavy atom. The Labute approximate surface area is 191 Å². The zero-order valence-corrected chi connectivity index (χ0v) is 18.1. The quantitative estimate of drug-likeness (QED) is 0.303. The molecule has 0 radical (unpaired) electrons. The van der Waals surface area contributed by atoms with Gasteiger partial charge in [0.1, 0.15) is 11.4 Å². The molecular weight excluding hydrogens is 470 g/mol. The fourth-order valence-corrected chi connectivity index (χ4v) is 3.55. The molecule has 1 N–H and O–H groups in total. The smallest absolute Gasteiger partial charge is 0.343 e. The van der Waals surface area contributed by atoms with Gasteiger partial charge in [0.2, 0.25) is 0 Å². The Hall–Kier alpha value is -3.01. The van der Waals surface area contributed by atoms with Crippen LogP contribution in [0.1, 0.15) is 5.56 Å². The molecule has 7 nitrogen and oxygen atoms in total. The van der Waals surface area contributed by atoms with Crippen LogP contribution in [0.15, 0.2) is 42.0 Å². The third kappa shape index (κ3) is 4.84. The van der Waals surface area contributed by atoms with Crippen molar-refractivity contribution in [3.8, 4) is 5.75 Å². The SMILES string of the molecule is COC(=O)COc1c(Cl)cc(/C=C2\C(=O)NC(=S)N(c3ccccc3F)C2=O)cc1Cl. The van der Waals surface area contributed by atoms with E-state index in [9.17, 15) is 18.8 Å². The molecule has 1 fully saturated rings. The van der Waals surface area contributed by atoms with E-state index < -0.39 is 30.2 Å². The van der Waals surface area contributed by atoms with E-state index in [1.54, 1.807) is 0 Å². The van der Waals surface area contributed by atoms with Crippen molar-refractivity contribution in [2.75, 3.05) is 18.6 Å². The number of hydrogen-bond donors (Lipinski definition) is 1. The summed E-state index contributed by atoms with van der Waals surface area (Å²) in [6.45, 7) is -0.410. The number of ether oxygens (including phenoxy) is 2. The van der Waals surface area contributed by atoms with E-state index in [0.29, 0.717) is 5.56 Å². The topological polar surface area (TPSA) is 84.9 Å². The summed E-state index contributed by atoms with van der Waals surface area (Å²) in [5, 5.41) is 2.18. The zero-order valence-electron chi connectivity index (χ0n) is 15.8. The van der Waals surface area contributed by atoms with Gasteiger partial charge < -0.3 is 9.47 Å². The summed E-state index contributed by atoms with van der Waals surface area (Å²) in [6.07, 6.45) is 1.23. The Morgan fingerprint density at radius 2 is 1.87 bits per heavy atom. The molecule has 1 aliphatic rings. The maximum Gasteiger partial charge on any atom is 0.343 e. The highest BCUT2D eigenvalue weighted by molar-refractivity contribution is 7.80. The lowest BCUT2D eigenvalue weighted by molar-refractivity contribution is -0.142. The molecule has 0 aliphatic carbocycles. The second kappa shape index (κ2) is 9.42. The van der Waals surface area contributed by atoms with Crippen molar-refractivity contribution in [1.82, 2.24) is 5.32 Å². The fraction of sp³-hybridized carbons (Fsp3) is 0.100. The van der Waals surface area contributed by atoms with Gasteiger partial charge in [0.25, 0.3) is 11.8 Å². The van der Waals surface area contributed by atoms with E-state index in [0.717, 1.165) is 11.0 Å². The van der Waals surface area contributed by atoms with Crippen LogP contribution in [-0.2, 0) is 19.1 Å². The normalized spacial score (nSPS) is 15.2. The van der Waals surface area contributed by atoms with Gasteiger partial charge in [-0.05, 0) is 48.1 Å². The molecule has 0 aromatic heterocycles. The molecule has 1 heterocycles. The second-order valence-corrected chi connectivity index (χ2v) is 7.29. The predicted octanol–water partition coefficient (Wildman–Crippen LogP) is 3.52. The number of nitrogens with one attached hydrogen (secondary N) is 1. The van der Waals surface area contributed by atoms with Gasteiger partial charge in [-0.15, -0.1) is 0 Å². The van der Waals surface area contributed by atoms with Crippen LogP contribution in [0, 0.1) is 5.82 Å². The Kier molecular flexibility index (Phi) is 6.89. The Balaban J connectivity index is 1.95. The zero-order chi connectivity index (χ0) is 22.7. The number of esters is 1. The number of para-hydroxylation sites is 1. The molecule has 1 saturated heterocycles. The molecule has 2 amide bonds. The molecule has 3 rings (SSSR count). The first kappa shape index (κ1) is 22.7. The van der Waals surface area contributed by atoms with Gasteiger partial charge in [-0.3, -0.25) is 14.9 Å². The maximum atomic E-state index is 14.2. The fourth-order valence-electron chi connectivity index (χ4n) is 2.67. The summed E-state index contributed by atoms with van der Waals surface area (Å²) in [6, 6.07) is 8.27. The number of halogens is 3. The first-order chi connectivity index (χ1) is 14.7. The van der Waals surface area contributed by atoms with Crippen molar-refractivity contribution >= 4 is 70.1 Å². The minimum atomic E-state index is -0.822. The standard InChI is InChI=1S/C20H13Cl2FN2O5S/c1-29-16(26)9-30-17-12(21)7-10(8-13(17)22)6-11-18(27)24-20(31)25(19(11)28)15-5-3-2-4-14(15)23/h2-8H,9H2,1H3,(H,24,27,31)/b11-6+. The van der Waals surface area contributed by atoms with E-state index in [1.807, 2.05) is 0 Å². The number of rotatable bonds is 5. The number of carbonyl (C=O) groups is 3. The highest BCUT2D eigenvalue weighted by Crippen LogP contribution is 2.35. The van der Waals surface area contributed by atoms with Crippen LogP contribution < -0.4 is 15.0 Å². The number of methoxy groups -OCH3 is 1. The molecule has 1 aliphatic heterocycles. The Bertz CT molecular complexity index is 1120. The third-order valence-electron chi connectivity index (χ3n) is 4.09. The average molecular weight is 483 g/mol. The number of carbonyl (C=O) groups excluding carboxylic acids is 3. The van der Waals surface area contributed by atoms with Gasteiger partial charge in [-0.25, -0.2) is 14.1 Å². The number of benzene rings is 2. The van der Waals surface area contributed by atoms with Crippen LogP contribution in [-0.4, -0.2) is 36.6 Å². The first-order valence-electron chi connectivity index (χ1n) is 8.57. The van der Waals surface area contributed by atoms with E-state index in [4.69, 9.17) is 40.2 Å². The lowest BCUT2D eigenvalue weighted by Gasteiger charge is -2.29. The van der Waals surface area contributed by atoms with E-state index >= 15 is 0 Å². The van der Waals surface area contributed by atoms with Gasteiger partial charge >= 0.3 is 5.97 Å². The molecule has 160 valence electrons. The summed E-state index contributed by atoms with van der Waals surface area (Å²) >= 11 is 17.4. The van der Waals surface area contributed by atoms with Crippen LogP contribution >= 0.6 is 35.4 Å². The van der Waals surface area contributed by atoms with Crippen LogP contribution in [0.4, 0.5) is 10.1 Å². The lowest BCUT2D eigenvalue weighted by Crippen LogP contribution is -2.54. The van der Waals surface area contributed by atoms with Crippen molar-refractivity contribution in [1.29, 1.82) is 0 Å². The molecule has 0 spiro atoms. The van der Waals surface area contributed by atoms with Crippen LogP contribution in [0.2, 0.25) is 10.0 Å². The summed E-state index contributed by atoms with van der Waals surface area (Å²) in [5.41, 5.74) is -0.126. The van der Waals surface area contributed by atoms with Gasteiger partial charge in [0.05, 0.1) is 22.8 Å². The molecule has 0 bridgehead atoms. The predicted molar refractivity (Wildman–Crippen MR) is 117 cm³/mol. The summed E-state index contributed by atoms with van der Waals surface area (Å²) in [7, 11) is 1.20. The molecule has 0 atom stereocenters. The van der Waals surface area contributed by atoms with Crippen molar-refractivity contribution in [2.24, 2.45) is 0 Å². The largest absolute Gasteiger partial charge is 0.479 e. The highest BCUT2D eigenvalue weighted by Gasteiger charge is 2.35. The second-order valence-electron chi connectivity index (χ2n) is 6.09. The Morgan fingerprint density at radius 3 is 2.48 bits per heavy atom. The number of nitrogens with zero attached hydrogens (tertiary/aromatic N) is 1. The van der Waals surface area contributed by atoms with Gasteiger partial charge in [-0.2, -0.15) is 0 Å². The minimum absolute atomic E-state index is 0.0319. The van der Waals surface area contributed by atoms with Crippen molar-refractivity contribution < 1.29 is 28.2 Å². The van der Waals surface area contributed by atoms with Crippen LogP contribution in [0.3, 0.4) is 0 Å².